The van der Waals surface area contributed by atoms with Crippen LogP contribution in [-0.2, 0) is 9.59 Å². The second-order valence-electron chi connectivity index (χ2n) is 7.01. The van der Waals surface area contributed by atoms with Crippen LogP contribution in [0, 0.1) is 0 Å². The Bertz CT molecular complexity index is 854. The Morgan fingerprint density at radius 1 is 1.03 bits per heavy atom. The molecule has 1 atom stereocenters. The molecule has 2 aromatic carbocycles. The molecule has 1 aliphatic heterocycles. The Labute approximate surface area is 184 Å². The molecular formula is C21H24BrClN4O2. The zero-order valence-corrected chi connectivity index (χ0v) is 18.5. The van der Waals surface area contributed by atoms with Gasteiger partial charge in [0.05, 0.1) is 23.3 Å². The lowest BCUT2D eigenvalue weighted by molar-refractivity contribution is -0.122. The van der Waals surface area contributed by atoms with Crippen molar-refractivity contribution in [3.63, 3.8) is 0 Å². The molecule has 1 saturated heterocycles. The Morgan fingerprint density at radius 3 is 2.34 bits per heavy atom. The van der Waals surface area contributed by atoms with Crippen LogP contribution in [-0.4, -0.2) is 60.4 Å². The molecule has 0 saturated carbocycles. The van der Waals surface area contributed by atoms with Crippen LogP contribution in [0.5, 0.6) is 0 Å². The predicted molar refractivity (Wildman–Crippen MR) is 120 cm³/mol. The summed E-state index contributed by atoms with van der Waals surface area (Å²) in [5.41, 5.74) is 1.40. The van der Waals surface area contributed by atoms with Gasteiger partial charge in [-0.1, -0.05) is 39.7 Å². The molecule has 0 radical (unpaired) electrons. The molecule has 1 unspecified atom stereocenters. The van der Waals surface area contributed by atoms with Crippen molar-refractivity contribution in [1.29, 1.82) is 0 Å². The van der Waals surface area contributed by atoms with Crippen molar-refractivity contribution >= 4 is 50.7 Å². The minimum absolute atomic E-state index is 0.0303. The normalized spacial score (nSPS) is 16.2. The lowest BCUT2D eigenvalue weighted by atomic mass is 10.2. The summed E-state index contributed by atoms with van der Waals surface area (Å²) < 4.78 is 0.971. The number of carbonyl (C=O) groups excluding carboxylic acids is 2. The van der Waals surface area contributed by atoms with E-state index in [9.17, 15) is 9.59 Å². The molecule has 1 aliphatic rings. The molecular weight excluding hydrogens is 456 g/mol. The van der Waals surface area contributed by atoms with Gasteiger partial charge in [0.15, 0.2) is 0 Å². The first kappa shape index (κ1) is 21.8. The number of carbonyl (C=O) groups is 2. The summed E-state index contributed by atoms with van der Waals surface area (Å²) in [6.45, 7) is 5.13. The van der Waals surface area contributed by atoms with Gasteiger partial charge in [-0.05, 0) is 43.3 Å². The topological polar surface area (TPSA) is 64.7 Å². The molecule has 0 aliphatic carbocycles. The van der Waals surface area contributed by atoms with Gasteiger partial charge in [-0.25, -0.2) is 0 Å². The number of nitrogens with one attached hydrogen (secondary N) is 2. The van der Waals surface area contributed by atoms with Crippen molar-refractivity contribution in [3.8, 4) is 0 Å². The average molecular weight is 480 g/mol. The van der Waals surface area contributed by atoms with Crippen LogP contribution in [0.2, 0.25) is 5.02 Å². The Hall–Kier alpha value is -1.93. The second kappa shape index (κ2) is 10.2. The van der Waals surface area contributed by atoms with E-state index in [1.54, 1.807) is 12.1 Å². The highest BCUT2D eigenvalue weighted by atomic mass is 79.9. The summed E-state index contributed by atoms with van der Waals surface area (Å²) in [6.07, 6.45) is 0. The van der Waals surface area contributed by atoms with Gasteiger partial charge in [0.25, 0.3) is 0 Å². The van der Waals surface area contributed by atoms with Gasteiger partial charge in [-0.3, -0.25) is 19.4 Å². The quantitative estimate of drug-likeness (QED) is 0.663. The molecule has 0 aromatic heterocycles. The van der Waals surface area contributed by atoms with Gasteiger partial charge in [0.1, 0.15) is 0 Å². The standard InChI is InChI=1S/C21H24BrClN4O2/c1-15(21(29)24-17-8-6-16(22)7-9-17)27-12-10-26(11-13-27)14-20(28)25-19-5-3-2-4-18(19)23/h2-9,15H,10-14H2,1H3,(H,24,29)(H,25,28). The number of nitrogens with zero attached hydrogens (tertiary/aromatic N) is 2. The maximum atomic E-state index is 12.5. The van der Waals surface area contributed by atoms with E-state index in [-0.39, 0.29) is 17.9 Å². The van der Waals surface area contributed by atoms with Gasteiger partial charge < -0.3 is 10.6 Å². The van der Waals surface area contributed by atoms with Crippen LogP contribution < -0.4 is 10.6 Å². The molecule has 8 heteroatoms. The van der Waals surface area contributed by atoms with Gasteiger partial charge in [-0.2, -0.15) is 0 Å². The first-order chi connectivity index (χ1) is 13.9. The average Bonchev–Trinajstić information content (AvgIpc) is 2.71. The third kappa shape index (κ3) is 6.27. The fourth-order valence-electron chi connectivity index (χ4n) is 3.21. The van der Waals surface area contributed by atoms with Crippen molar-refractivity contribution in [3.05, 3.63) is 58.0 Å². The third-order valence-corrected chi connectivity index (χ3v) is 5.82. The number of halogens is 2. The minimum Gasteiger partial charge on any atom is -0.325 e. The first-order valence-electron chi connectivity index (χ1n) is 9.49. The Morgan fingerprint density at radius 2 is 1.69 bits per heavy atom. The van der Waals surface area contributed by atoms with Crippen molar-refractivity contribution < 1.29 is 9.59 Å². The molecule has 6 nitrogen and oxygen atoms in total. The molecule has 29 heavy (non-hydrogen) atoms. The number of hydrogen-bond acceptors (Lipinski definition) is 4. The molecule has 2 N–H and O–H groups in total. The van der Waals surface area contributed by atoms with Crippen LogP contribution in [0.3, 0.4) is 0 Å². The molecule has 3 rings (SSSR count). The molecule has 0 spiro atoms. The van der Waals surface area contributed by atoms with Crippen molar-refractivity contribution in [2.24, 2.45) is 0 Å². The number of para-hydroxylation sites is 1. The monoisotopic (exact) mass is 478 g/mol. The number of amides is 2. The highest BCUT2D eigenvalue weighted by Gasteiger charge is 2.26. The number of anilines is 2. The number of benzene rings is 2. The number of hydrogen-bond donors (Lipinski definition) is 2. The van der Waals surface area contributed by atoms with E-state index < -0.39 is 0 Å². The second-order valence-corrected chi connectivity index (χ2v) is 8.34. The van der Waals surface area contributed by atoms with Crippen molar-refractivity contribution in [2.45, 2.75) is 13.0 Å². The smallest absolute Gasteiger partial charge is 0.241 e. The van der Waals surface area contributed by atoms with Crippen LogP contribution in [0.1, 0.15) is 6.92 Å². The molecule has 2 aromatic rings. The van der Waals surface area contributed by atoms with E-state index in [1.165, 1.54) is 0 Å². The summed E-state index contributed by atoms with van der Waals surface area (Å²) in [5.74, 6) is -0.121. The van der Waals surface area contributed by atoms with E-state index in [0.29, 0.717) is 17.3 Å². The van der Waals surface area contributed by atoms with E-state index in [0.717, 1.165) is 36.3 Å². The summed E-state index contributed by atoms with van der Waals surface area (Å²) in [7, 11) is 0. The molecule has 0 bridgehead atoms. The zero-order valence-electron chi connectivity index (χ0n) is 16.2. The zero-order chi connectivity index (χ0) is 20.8. The van der Waals surface area contributed by atoms with Crippen LogP contribution in [0.4, 0.5) is 11.4 Å². The molecule has 1 heterocycles. The fraction of sp³-hybridized carbons (Fsp3) is 0.333. The van der Waals surface area contributed by atoms with Crippen molar-refractivity contribution in [2.75, 3.05) is 43.4 Å². The minimum atomic E-state index is -0.238. The highest BCUT2D eigenvalue weighted by molar-refractivity contribution is 9.10. The third-order valence-electron chi connectivity index (χ3n) is 4.96. The number of rotatable bonds is 6. The van der Waals surface area contributed by atoms with Gasteiger partial charge in [0.2, 0.25) is 11.8 Å². The maximum Gasteiger partial charge on any atom is 0.241 e. The first-order valence-corrected chi connectivity index (χ1v) is 10.7. The lowest BCUT2D eigenvalue weighted by Crippen LogP contribution is -2.53. The van der Waals surface area contributed by atoms with Gasteiger partial charge in [0, 0.05) is 36.3 Å². The fourth-order valence-corrected chi connectivity index (χ4v) is 3.66. The Balaban J connectivity index is 1.44. The van der Waals surface area contributed by atoms with E-state index >= 15 is 0 Å². The van der Waals surface area contributed by atoms with Gasteiger partial charge >= 0.3 is 0 Å². The largest absolute Gasteiger partial charge is 0.325 e. The maximum absolute atomic E-state index is 12.5. The van der Waals surface area contributed by atoms with Crippen LogP contribution >= 0.6 is 27.5 Å². The summed E-state index contributed by atoms with van der Waals surface area (Å²) in [6, 6.07) is 14.5. The van der Waals surface area contributed by atoms with Crippen LogP contribution in [0.15, 0.2) is 53.0 Å². The van der Waals surface area contributed by atoms with E-state index in [1.807, 2.05) is 43.3 Å². The molecule has 2 amide bonds. The summed E-state index contributed by atoms with van der Waals surface area (Å²) in [4.78, 5) is 29.0. The van der Waals surface area contributed by atoms with E-state index in [2.05, 4.69) is 36.4 Å². The van der Waals surface area contributed by atoms with Gasteiger partial charge in [-0.15, -0.1) is 0 Å². The SMILES string of the molecule is CC(C(=O)Nc1ccc(Br)cc1)N1CCN(CC(=O)Nc2ccccc2Cl)CC1. The predicted octanol–water partition coefficient (Wildman–Crippen LogP) is 3.69. The number of piperazine rings is 1. The molecule has 1 fully saturated rings. The summed E-state index contributed by atoms with van der Waals surface area (Å²) in [5, 5.41) is 6.32. The lowest BCUT2D eigenvalue weighted by Gasteiger charge is -2.37. The molecule has 154 valence electrons. The Kier molecular flexibility index (Phi) is 7.66. The van der Waals surface area contributed by atoms with Crippen molar-refractivity contribution in [1.82, 2.24) is 9.80 Å². The summed E-state index contributed by atoms with van der Waals surface area (Å²) >= 11 is 9.47. The van der Waals surface area contributed by atoms with E-state index in [4.69, 9.17) is 11.6 Å². The highest BCUT2D eigenvalue weighted by Crippen LogP contribution is 2.20. The van der Waals surface area contributed by atoms with Crippen LogP contribution in [0.25, 0.3) is 0 Å².